The number of rotatable bonds is 3. The van der Waals surface area contributed by atoms with E-state index >= 15 is 0 Å². The SMILES string of the molecule is Cl.O=C(NC1CCNCC1)c1nn(-c2ccc(F)c(F)c2)c2c1CCC2. The molecule has 1 aromatic carbocycles. The van der Waals surface area contributed by atoms with Crippen molar-refractivity contribution < 1.29 is 13.6 Å². The van der Waals surface area contributed by atoms with E-state index < -0.39 is 11.6 Å². The molecule has 2 N–H and O–H groups in total. The third kappa shape index (κ3) is 3.46. The van der Waals surface area contributed by atoms with Crippen LogP contribution in [0, 0.1) is 11.6 Å². The molecule has 2 aromatic rings. The summed E-state index contributed by atoms with van der Waals surface area (Å²) in [4.78, 5) is 12.7. The Balaban J connectivity index is 0.00000196. The first-order chi connectivity index (χ1) is 12.1. The normalized spacial score (nSPS) is 16.8. The van der Waals surface area contributed by atoms with Gasteiger partial charge >= 0.3 is 0 Å². The molecule has 5 nitrogen and oxygen atoms in total. The number of halogens is 3. The van der Waals surface area contributed by atoms with Gasteiger partial charge in [-0.3, -0.25) is 4.79 Å². The second-order valence-corrected chi connectivity index (χ2v) is 6.64. The highest BCUT2D eigenvalue weighted by Crippen LogP contribution is 2.28. The van der Waals surface area contributed by atoms with Crippen LogP contribution in [0.25, 0.3) is 5.69 Å². The minimum atomic E-state index is -0.916. The first kappa shape index (κ1) is 18.8. The van der Waals surface area contributed by atoms with E-state index in [0.717, 1.165) is 68.6 Å². The number of benzene rings is 1. The highest BCUT2D eigenvalue weighted by molar-refractivity contribution is 5.94. The quantitative estimate of drug-likeness (QED) is 0.857. The molecule has 0 spiro atoms. The summed E-state index contributed by atoms with van der Waals surface area (Å²) in [5.74, 6) is -1.98. The smallest absolute Gasteiger partial charge is 0.272 e. The van der Waals surface area contributed by atoms with Crippen molar-refractivity contribution in [2.45, 2.75) is 38.1 Å². The maximum absolute atomic E-state index is 13.6. The summed E-state index contributed by atoms with van der Waals surface area (Å²) in [5, 5.41) is 10.8. The van der Waals surface area contributed by atoms with E-state index in [1.807, 2.05) is 0 Å². The summed E-state index contributed by atoms with van der Waals surface area (Å²) in [6.45, 7) is 1.79. The number of fused-ring (bicyclic) bond motifs is 1. The molecule has 1 saturated heterocycles. The van der Waals surface area contributed by atoms with Crippen molar-refractivity contribution in [3.63, 3.8) is 0 Å². The third-order valence-corrected chi connectivity index (χ3v) is 4.97. The fourth-order valence-electron chi connectivity index (χ4n) is 3.67. The largest absolute Gasteiger partial charge is 0.348 e. The van der Waals surface area contributed by atoms with Gasteiger partial charge in [-0.25, -0.2) is 13.5 Å². The predicted molar refractivity (Wildman–Crippen MR) is 96.1 cm³/mol. The van der Waals surface area contributed by atoms with Crippen LogP contribution in [0.15, 0.2) is 18.2 Å². The Labute approximate surface area is 156 Å². The Kier molecular flexibility index (Phi) is 5.58. The van der Waals surface area contributed by atoms with Crippen LogP contribution in [0.1, 0.15) is 41.0 Å². The molecule has 2 aliphatic rings. The summed E-state index contributed by atoms with van der Waals surface area (Å²) in [5.41, 5.74) is 2.70. The molecule has 4 rings (SSSR count). The minimum Gasteiger partial charge on any atom is -0.348 e. The van der Waals surface area contributed by atoms with Crippen molar-refractivity contribution >= 4 is 18.3 Å². The highest BCUT2D eigenvalue weighted by atomic mass is 35.5. The van der Waals surface area contributed by atoms with Crippen LogP contribution >= 0.6 is 12.4 Å². The summed E-state index contributed by atoms with van der Waals surface area (Å²) < 4.78 is 28.4. The van der Waals surface area contributed by atoms with Gasteiger partial charge in [0, 0.05) is 23.4 Å². The van der Waals surface area contributed by atoms with E-state index in [1.54, 1.807) is 4.68 Å². The maximum Gasteiger partial charge on any atom is 0.272 e. The summed E-state index contributed by atoms with van der Waals surface area (Å²) in [7, 11) is 0. The molecule has 0 saturated carbocycles. The number of carbonyl (C=O) groups excluding carboxylic acids is 1. The molecule has 0 bridgehead atoms. The number of aromatic nitrogens is 2. The van der Waals surface area contributed by atoms with E-state index in [-0.39, 0.29) is 24.4 Å². The molecular weight excluding hydrogens is 362 g/mol. The van der Waals surface area contributed by atoms with Crippen molar-refractivity contribution in [2.75, 3.05) is 13.1 Å². The maximum atomic E-state index is 13.6. The average molecular weight is 383 g/mol. The lowest BCUT2D eigenvalue weighted by atomic mass is 10.1. The van der Waals surface area contributed by atoms with Crippen LogP contribution in [-0.4, -0.2) is 34.8 Å². The van der Waals surface area contributed by atoms with Gasteiger partial charge in [-0.2, -0.15) is 5.10 Å². The molecule has 1 amide bonds. The summed E-state index contributed by atoms with van der Waals surface area (Å²) >= 11 is 0. The fraction of sp³-hybridized carbons (Fsp3) is 0.444. The van der Waals surface area contributed by atoms with Crippen molar-refractivity contribution in [2.24, 2.45) is 0 Å². The Morgan fingerprint density at radius 1 is 1.19 bits per heavy atom. The van der Waals surface area contributed by atoms with E-state index in [1.165, 1.54) is 6.07 Å². The molecule has 0 unspecified atom stereocenters. The number of hydrogen-bond acceptors (Lipinski definition) is 3. The standard InChI is InChI=1S/C18H20F2N4O.ClH/c19-14-5-4-12(10-15(14)20)24-16-3-1-2-13(16)17(23-24)18(25)22-11-6-8-21-9-7-11;/h4-5,10-11,21H,1-3,6-9H2,(H,22,25);1H. The van der Waals surface area contributed by atoms with Crippen molar-refractivity contribution in [3.8, 4) is 5.69 Å². The molecule has 2 heterocycles. The van der Waals surface area contributed by atoms with Crippen LogP contribution in [-0.2, 0) is 12.8 Å². The fourth-order valence-corrected chi connectivity index (χ4v) is 3.67. The lowest BCUT2D eigenvalue weighted by Crippen LogP contribution is -2.43. The topological polar surface area (TPSA) is 59.0 Å². The van der Waals surface area contributed by atoms with E-state index in [0.29, 0.717) is 11.4 Å². The number of carbonyl (C=O) groups is 1. The number of piperidine rings is 1. The zero-order valence-electron chi connectivity index (χ0n) is 14.2. The zero-order valence-corrected chi connectivity index (χ0v) is 15.0. The van der Waals surface area contributed by atoms with Crippen molar-refractivity contribution in [3.05, 3.63) is 46.8 Å². The minimum absolute atomic E-state index is 0. The Bertz CT molecular complexity index is 818. The van der Waals surface area contributed by atoms with Crippen molar-refractivity contribution in [1.82, 2.24) is 20.4 Å². The van der Waals surface area contributed by atoms with Crippen LogP contribution in [0.3, 0.4) is 0 Å². The molecule has 26 heavy (non-hydrogen) atoms. The number of nitrogens with zero attached hydrogens (tertiary/aromatic N) is 2. The second kappa shape index (κ2) is 7.72. The first-order valence-corrected chi connectivity index (χ1v) is 8.71. The number of nitrogens with one attached hydrogen (secondary N) is 2. The Morgan fingerprint density at radius 3 is 2.69 bits per heavy atom. The Morgan fingerprint density at radius 2 is 1.96 bits per heavy atom. The van der Waals surface area contributed by atoms with Crippen LogP contribution in [0.2, 0.25) is 0 Å². The van der Waals surface area contributed by atoms with Gasteiger partial charge in [0.25, 0.3) is 5.91 Å². The molecule has 8 heteroatoms. The van der Waals surface area contributed by atoms with Gasteiger partial charge in [0.1, 0.15) is 0 Å². The monoisotopic (exact) mass is 382 g/mol. The average Bonchev–Trinajstić information content (AvgIpc) is 3.20. The highest BCUT2D eigenvalue weighted by Gasteiger charge is 2.28. The summed E-state index contributed by atoms with van der Waals surface area (Å²) in [6.07, 6.45) is 4.30. The first-order valence-electron chi connectivity index (χ1n) is 8.71. The van der Waals surface area contributed by atoms with Gasteiger partial charge in [-0.15, -0.1) is 12.4 Å². The van der Waals surface area contributed by atoms with Gasteiger partial charge in [-0.1, -0.05) is 0 Å². The number of hydrogen-bond donors (Lipinski definition) is 2. The van der Waals surface area contributed by atoms with E-state index in [9.17, 15) is 13.6 Å². The molecule has 140 valence electrons. The summed E-state index contributed by atoms with van der Waals surface area (Å²) in [6, 6.07) is 3.84. The van der Waals surface area contributed by atoms with Gasteiger partial charge < -0.3 is 10.6 Å². The predicted octanol–water partition coefficient (Wildman–Crippen LogP) is 2.54. The molecule has 1 fully saturated rings. The van der Waals surface area contributed by atoms with Crippen LogP contribution in [0.4, 0.5) is 8.78 Å². The molecule has 0 atom stereocenters. The van der Waals surface area contributed by atoms with Crippen LogP contribution in [0.5, 0.6) is 0 Å². The number of amides is 1. The van der Waals surface area contributed by atoms with Gasteiger partial charge in [0.05, 0.1) is 5.69 Å². The lowest BCUT2D eigenvalue weighted by molar-refractivity contribution is 0.0923. The molecule has 1 aromatic heterocycles. The van der Waals surface area contributed by atoms with E-state index in [2.05, 4.69) is 15.7 Å². The molecule has 1 aliphatic carbocycles. The molecular formula is C18H21ClF2N4O. The third-order valence-electron chi connectivity index (χ3n) is 4.97. The lowest BCUT2D eigenvalue weighted by Gasteiger charge is -2.23. The Hall–Kier alpha value is -1.99. The second-order valence-electron chi connectivity index (χ2n) is 6.64. The molecule has 1 aliphatic heterocycles. The van der Waals surface area contributed by atoms with Gasteiger partial charge in [0.15, 0.2) is 17.3 Å². The zero-order chi connectivity index (χ0) is 17.4. The molecule has 0 radical (unpaired) electrons. The van der Waals surface area contributed by atoms with Crippen LogP contribution < -0.4 is 10.6 Å². The van der Waals surface area contributed by atoms with E-state index in [4.69, 9.17) is 0 Å². The van der Waals surface area contributed by atoms with Crippen molar-refractivity contribution in [1.29, 1.82) is 0 Å². The van der Waals surface area contributed by atoms with Gasteiger partial charge in [-0.05, 0) is 57.3 Å². The van der Waals surface area contributed by atoms with Gasteiger partial charge in [0.2, 0.25) is 0 Å².